The Labute approximate surface area is 199 Å². The molecule has 0 N–H and O–H groups in total. The van der Waals surface area contributed by atoms with Crippen molar-refractivity contribution in [2.75, 3.05) is 6.61 Å². The Morgan fingerprint density at radius 2 is 1.71 bits per heavy atom. The summed E-state index contributed by atoms with van der Waals surface area (Å²) in [6.07, 6.45) is 9.25. The summed E-state index contributed by atoms with van der Waals surface area (Å²) in [6.45, 7) is 6.34. The molecule has 1 fully saturated rings. The molecular formula is C29H31F3O2. The fraction of sp³-hybridized carbons (Fsp3) is 0.379. The number of ether oxygens (including phenoxy) is 2. The molecule has 2 aliphatic carbocycles. The van der Waals surface area contributed by atoms with Gasteiger partial charge in [0.15, 0.2) is 11.6 Å². The van der Waals surface area contributed by atoms with Crippen LogP contribution in [0.15, 0.2) is 67.0 Å². The van der Waals surface area contributed by atoms with Gasteiger partial charge in [0.25, 0.3) is 0 Å². The monoisotopic (exact) mass is 468 g/mol. The Balaban J connectivity index is 1.38. The molecule has 0 aliphatic heterocycles. The third kappa shape index (κ3) is 5.47. The van der Waals surface area contributed by atoms with Crippen LogP contribution in [0.4, 0.5) is 13.2 Å². The third-order valence-corrected chi connectivity index (χ3v) is 6.81. The van der Waals surface area contributed by atoms with Crippen LogP contribution in [-0.2, 0) is 11.3 Å². The molecule has 1 unspecified atom stereocenters. The van der Waals surface area contributed by atoms with Gasteiger partial charge in [-0.15, -0.1) is 6.58 Å². The molecule has 2 nitrogen and oxygen atoms in total. The fourth-order valence-corrected chi connectivity index (χ4v) is 4.82. The van der Waals surface area contributed by atoms with E-state index in [1.54, 1.807) is 30.3 Å². The summed E-state index contributed by atoms with van der Waals surface area (Å²) in [5.74, 6) is -1.66. The second-order valence-corrected chi connectivity index (χ2v) is 8.98. The van der Waals surface area contributed by atoms with E-state index in [-0.39, 0.29) is 30.2 Å². The van der Waals surface area contributed by atoms with E-state index >= 15 is 0 Å². The van der Waals surface area contributed by atoms with Crippen LogP contribution in [0.25, 0.3) is 5.57 Å². The van der Waals surface area contributed by atoms with E-state index in [4.69, 9.17) is 9.47 Å². The summed E-state index contributed by atoms with van der Waals surface area (Å²) < 4.78 is 55.0. The molecule has 180 valence electrons. The topological polar surface area (TPSA) is 18.5 Å². The number of hydrogen-bond donors (Lipinski definition) is 0. The van der Waals surface area contributed by atoms with Gasteiger partial charge in [-0.25, -0.2) is 8.78 Å². The van der Waals surface area contributed by atoms with Crippen LogP contribution in [0.2, 0.25) is 0 Å². The van der Waals surface area contributed by atoms with Crippen molar-refractivity contribution < 1.29 is 22.6 Å². The van der Waals surface area contributed by atoms with Crippen LogP contribution in [0.5, 0.6) is 5.75 Å². The highest BCUT2D eigenvalue weighted by Gasteiger charge is 2.25. The van der Waals surface area contributed by atoms with E-state index in [0.29, 0.717) is 30.1 Å². The predicted octanol–water partition coefficient (Wildman–Crippen LogP) is 8.05. The Morgan fingerprint density at radius 3 is 2.35 bits per heavy atom. The molecule has 2 aromatic carbocycles. The van der Waals surface area contributed by atoms with Crippen LogP contribution in [0.1, 0.15) is 61.6 Å². The number of allylic oxidation sites excluding steroid dienone is 3. The second kappa shape index (κ2) is 11.1. The van der Waals surface area contributed by atoms with Crippen molar-refractivity contribution in [2.24, 2.45) is 5.92 Å². The molecule has 34 heavy (non-hydrogen) atoms. The number of benzene rings is 2. The van der Waals surface area contributed by atoms with Crippen molar-refractivity contribution in [1.82, 2.24) is 0 Å². The highest BCUT2D eigenvalue weighted by molar-refractivity contribution is 5.78. The predicted molar refractivity (Wildman–Crippen MR) is 129 cm³/mol. The molecule has 0 radical (unpaired) electrons. The summed E-state index contributed by atoms with van der Waals surface area (Å²) in [5, 5.41) is 0. The van der Waals surface area contributed by atoms with Crippen LogP contribution >= 0.6 is 0 Å². The van der Waals surface area contributed by atoms with Gasteiger partial charge >= 0.3 is 0 Å². The molecule has 0 amide bonds. The largest absolute Gasteiger partial charge is 0.486 e. The summed E-state index contributed by atoms with van der Waals surface area (Å²) in [4.78, 5) is 0. The maximum Gasteiger partial charge on any atom is 0.200 e. The van der Waals surface area contributed by atoms with E-state index in [1.807, 2.05) is 19.1 Å². The zero-order valence-electron chi connectivity index (χ0n) is 19.5. The molecule has 0 heterocycles. The van der Waals surface area contributed by atoms with Gasteiger partial charge in [0.2, 0.25) is 5.82 Å². The highest BCUT2D eigenvalue weighted by atomic mass is 19.2. The first-order chi connectivity index (χ1) is 16.5. The molecule has 0 spiro atoms. The zero-order chi connectivity index (χ0) is 24.1. The molecule has 5 heteroatoms. The number of rotatable bonds is 8. The van der Waals surface area contributed by atoms with E-state index < -0.39 is 11.6 Å². The summed E-state index contributed by atoms with van der Waals surface area (Å²) in [5.41, 5.74) is 2.50. The maximum absolute atomic E-state index is 14.8. The van der Waals surface area contributed by atoms with Gasteiger partial charge < -0.3 is 9.47 Å². The van der Waals surface area contributed by atoms with Crippen molar-refractivity contribution in [3.63, 3.8) is 0 Å². The standard InChI is InChI=1S/C29H31F3O2/c1-3-19-5-9-22(10-6-19)25-15-16-27(29(32)28(25)31)34-18-20-7-11-21(12-8-20)24-14-13-23(33-4-2)17-26(24)30/h3,7-8,11-12,14-17,19,22-23H,1,4-6,9-10,13,18H2,2H3. The van der Waals surface area contributed by atoms with E-state index in [1.165, 1.54) is 12.1 Å². The average molecular weight is 469 g/mol. The number of halogens is 3. The minimum Gasteiger partial charge on any atom is -0.486 e. The summed E-state index contributed by atoms with van der Waals surface area (Å²) >= 11 is 0. The Morgan fingerprint density at radius 1 is 0.971 bits per heavy atom. The first kappa shape index (κ1) is 24.3. The third-order valence-electron chi connectivity index (χ3n) is 6.81. The average Bonchev–Trinajstić information content (AvgIpc) is 2.86. The summed E-state index contributed by atoms with van der Waals surface area (Å²) in [6, 6.07) is 10.4. The lowest BCUT2D eigenvalue weighted by Crippen LogP contribution is -2.13. The van der Waals surface area contributed by atoms with Gasteiger partial charge in [-0.1, -0.05) is 42.5 Å². The summed E-state index contributed by atoms with van der Waals surface area (Å²) in [7, 11) is 0. The second-order valence-electron chi connectivity index (χ2n) is 8.98. The molecular weight excluding hydrogens is 437 g/mol. The maximum atomic E-state index is 14.8. The molecule has 0 aromatic heterocycles. The van der Waals surface area contributed by atoms with Crippen LogP contribution in [-0.4, -0.2) is 12.7 Å². The van der Waals surface area contributed by atoms with Crippen molar-refractivity contribution in [3.05, 3.63) is 95.4 Å². The zero-order valence-corrected chi connectivity index (χ0v) is 19.5. The Bertz CT molecular complexity index is 1060. The van der Waals surface area contributed by atoms with E-state index in [9.17, 15) is 13.2 Å². The van der Waals surface area contributed by atoms with Crippen molar-refractivity contribution in [1.29, 1.82) is 0 Å². The highest BCUT2D eigenvalue weighted by Crippen LogP contribution is 2.39. The lowest BCUT2D eigenvalue weighted by Gasteiger charge is -2.27. The molecule has 1 saturated carbocycles. The molecule has 4 rings (SSSR count). The van der Waals surface area contributed by atoms with Crippen molar-refractivity contribution in [2.45, 2.75) is 57.7 Å². The molecule has 0 saturated heterocycles. The van der Waals surface area contributed by atoms with E-state index in [2.05, 4.69) is 6.58 Å². The van der Waals surface area contributed by atoms with Crippen LogP contribution in [0.3, 0.4) is 0 Å². The fourth-order valence-electron chi connectivity index (χ4n) is 4.82. The lowest BCUT2D eigenvalue weighted by molar-refractivity contribution is 0.0964. The minimum absolute atomic E-state index is 0.0274. The molecule has 2 aromatic rings. The number of hydrogen-bond acceptors (Lipinski definition) is 2. The SMILES string of the molecule is C=CC1CCC(c2ccc(OCc3ccc(C4=CCC(OCC)C=C4F)cc3)c(F)c2F)CC1. The Hall–Kier alpha value is -2.79. The molecule has 2 aliphatic rings. The first-order valence-electron chi connectivity index (χ1n) is 12.0. The van der Waals surface area contributed by atoms with Gasteiger partial charge in [0.1, 0.15) is 12.4 Å². The van der Waals surface area contributed by atoms with Crippen molar-refractivity contribution in [3.8, 4) is 5.75 Å². The smallest absolute Gasteiger partial charge is 0.200 e. The first-order valence-corrected chi connectivity index (χ1v) is 12.0. The van der Waals surface area contributed by atoms with Crippen LogP contribution in [0, 0.1) is 17.6 Å². The quantitative estimate of drug-likeness (QED) is 0.365. The van der Waals surface area contributed by atoms with Crippen LogP contribution < -0.4 is 4.74 Å². The van der Waals surface area contributed by atoms with Gasteiger partial charge in [-0.05, 0) is 79.7 Å². The minimum atomic E-state index is -0.941. The van der Waals surface area contributed by atoms with Gasteiger partial charge in [-0.3, -0.25) is 0 Å². The lowest BCUT2D eigenvalue weighted by atomic mass is 9.78. The van der Waals surface area contributed by atoms with Crippen molar-refractivity contribution >= 4 is 5.57 Å². The molecule has 0 bridgehead atoms. The Kier molecular flexibility index (Phi) is 7.94. The van der Waals surface area contributed by atoms with E-state index in [0.717, 1.165) is 36.8 Å². The molecule has 1 atom stereocenters. The van der Waals surface area contributed by atoms with Gasteiger partial charge in [0, 0.05) is 12.2 Å². The van der Waals surface area contributed by atoms with Gasteiger partial charge in [-0.2, -0.15) is 4.39 Å². The van der Waals surface area contributed by atoms with Gasteiger partial charge in [0.05, 0.1) is 6.10 Å². The normalized spacial score (nSPS) is 22.6.